The molecule has 3 aliphatic heterocycles. The lowest BCUT2D eigenvalue weighted by Gasteiger charge is -2.42. The molecule has 5 heterocycles. The number of alkyl halides is 7. The van der Waals surface area contributed by atoms with Gasteiger partial charge in [0, 0.05) is 49.1 Å². The van der Waals surface area contributed by atoms with Gasteiger partial charge in [-0.05, 0) is 62.1 Å². The molecule has 2 aromatic heterocycles. The van der Waals surface area contributed by atoms with Gasteiger partial charge < -0.3 is 24.5 Å². The van der Waals surface area contributed by atoms with Crippen molar-refractivity contribution in [1.29, 1.82) is 0 Å². The summed E-state index contributed by atoms with van der Waals surface area (Å²) in [4.78, 5) is 28.6. The average Bonchev–Trinajstić information content (AvgIpc) is 3.86. The number of terminal acetylenes is 1. The van der Waals surface area contributed by atoms with E-state index in [0.29, 0.717) is 50.2 Å². The minimum absolute atomic E-state index is 0.0275. The van der Waals surface area contributed by atoms with E-state index in [1.54, 1.807) is 0 Å². The Labute approximate surface area is 313 Å². The number of aromatic nitrogens is 3. The molecule has 56 heavy (non-hydrogen) atoms. The Kier molecular flexibility index (Phi) is 9.17. The lowest BCUT2D eigenvalue weighted by Crippen LogP contribution is -2.59. The van der Waals surface area contributed by atoms with Gasteiger partial charge in [0.25, 0.3) is 0 Å². The molecule has 8 rings (SSSR count). The fraction of sp³-hybridized carbons (Fsp3) is 0.474. The molecule has 0 unspecified atom stereocenters. The molecule has 4 aliphatic rings. The van der Waals surface area contributed by atoms with E-state index in [0.717, 1.165) is 12.1 Å². The minimum Gasteiger partial charge on any atom is -0.508 e. The molecule has 3 saturated heterocycles. The predicted octanol–water partition coefficient (Wildman–Crippen LogP) is 7.16. The number of halogens is 9. The smallest absolute Gasteiger partial charge is 0.471 e. The maximum Gasteiger partial charge on any atom is 0.471 e. The molecular weight excluding hydrogens is 759 g/mol. The van der Waals surface area contributed by atoms with Crippen LogP contribution in [0, 0.1) is 29.4 Å². The van der Waals surface area contributed by atoms with Crippen LogP contribution in [0.15, 0.2) is 24.3 Å². The van der Waals surface area contributed by atoms with Gasteiger partial charge in [0.05, 0.1) is 29.6 Å². The zero-order valence-corrected chi connectivity index (χ0v) is 29.5. The van der Waals surface area contributed by atoms with Crippen LogP contribution in [0.3, 0.4) is 0 Å². The number of aromatic hydroxyl groups is 1. The van der Waals surface area contributed by atoms with Crippen LogP contribution in [0.5, 0.6) is 11.8 Å². The second-order valence-electron chi connectivity index (χ2n) is 15.1. The zero-order chi connectivity index (χ0) is 39.9. The van der Waals surface area contributed by atoms with Crippen LogP contribution in [0.1, 0.15) is 49.8 Å². The number of hydrogen-bond donors (Lipinski definition) is 1. The van der Waals surface area contributed by atoms with Gasteiger partial charge in [0.15, 0.2) is 11.5 Å². The van der Waals surface area contributed by atoms with Gasteiger partial charge in [-0.15, -0.1) is 6.42 Å². The number of piperazine rings is 1. The number of hydrogen-bond acceptors (Lipinski definition) is 8. The second kappa shape index (κ2) is 13.6. The number of pyridine rings is 1. The highest BCUT2D eigenvalue weighted by atomic mass is 19.4. The van der Waals surface area contributed by atoms with Crippen LogP contribution in [-0.2, 0) is 11.0 Å². The molecule has 4 fully saturated rings. The molecule has 296 valence electrons. The molecule has 2 aromatic carbocycles. The molecule has 4 aromatic rings. The van der Waals surface area contributed by atoms with Gasteiger partial charge >= 0.3 is 24.3 Å². The number of rotatable bonds is 7. The highest BCUT2D eigenvalue weighted by Crippen LogP contribution is 2.48. The quantitative estimate of drug-likeness (QED) is 0.156. The molecule has 1 N–H and O–H groups in total. The van der Waals surface area contributed by atoms with Crippen molar-refractivity contribution in [2.45, 2.75) is 69.1 Å². The Hall–Kier alpha value is -5.05. The average molecular weight is 793 g/mol. The van der Waals surface area contributed by atoms with Crippen LogP contribution in [0.4, 0.5) is 45.3 Å². The van der Waals surface area contributed by atoms with E-state index in [2.05, 4.69) is 25.8 Å². The van der Waals surface area contributed by atoms with Crippen molar-refractivity contribution in [2.24, 2.45) is 5.41 Å². The highest BCUT2D eigenvalue weighted by molar-refractivity contribution is 6.03. The van der Waals surface area contributed by atoms with Crippen LogP contribution in [-0.4, -0.2) is 99.5 Å². The number of ether oxygens (including phenoxy) is 1. The minimum atomic E-state index is -5.31. The number of fused-ring (bicyclic) bond motifs is 4. The largest absolute Gasteiger partial charge is 0.508 e. The molecule has 18 heteroatoms. The first-order valence-electron chi connectivity index (χ1n) is 18.0. The van der Waals surface area contributed by atoms with Crippen LogP contribution in [0.2, 0.25) is 0 Å². The Balaban J connectivity index is 1.28. The molecule has 1 amide bonds. The van der Waals surface area contributed by atoms with Gasteiger partial charge in [0.2, 0.25) is 0 Å². The highest BCUT2D eigenvalue weighted by Gasteiger charge is 2.53. The summed E-state index contributed by atoms with van der Waals surface area (Å²) in [6, 6.07) is 1.62. The number of piperidine rings is 1. The Morgan fingerprint density at radius 2 is 1.64 bits per heavy atom. The number of phenols is 1. The summed E-state index contributed by atoms with van der Waals surface area (Å²) >= 11 is 0. The van der Waals surface area contributed by atoms with E-state index in [1.807, 2.05) is 0 Å². The first kappa shape index (κ1) is 37.9. The van der Waals surface area contributed by atoms with Crippen LogP contribution < -0.4 is 9.64 Å². The van der Waals surface area contributed by atoms with Gasteiger partial charge in [-0.2, -0.15) is 36.3 Å². The number of anilines is 1. The summed E-state index contributed by atoms with van der Waals surface area (Å²) in [5, 5.41) is 9.51. The van der Waals surface area contributed by atoms with Crippen molar-refractivity contribution in [2.75, 3.05) is 44.2 Å². The Bertz CT molecular complexity index is 2270. The van der Waals surface area contributed by atoms with Gasteiger partial charge in [-0.3, -0.25) is 4.79 Å². The summed E-state index contributed by atoms with van der Waals surface area (Å²) in [5.41, 5.74) is -4.86. The fourth-order valence-electron chi connectivity index (χ4n) is 8.39. The molecule has 1 saturated carbocycles. The molecule has 0 spiro atoms. The molecule has 1 aliphatic carbocycles. The lowest BCUT2D eigenvalue weighted by molar-refractivity contribution is -0.188. The summed E-state index contributed by atoms with van der Waals surface area (Å²) in [6.07, 6.45) is -3.40. The molecule has 2 bridgehead atoms. The van der Waals surface area contributed by atoms with E-state index in [1.165, 1.54) is 17.0 Å². The van der Waals surface area contributed by atoms with E-state index in [-0.39, 0.29) is 43.3 Å². The number of likely N-dealkylation sites (tertiary alicyclic amines) is 1. The van der Waals surface area contributed by atoms with Gasteiger partial charge in [-0.25, -0.2) is 18.2 Å². The van der Waals surface area contributed by atoms with Crippen molar-refractivity contribution in [1.82, 2.24) is 24.8 Å². The summed E-state index contributed by atoms with van der Waals surface area (Å²) in [5.74, 6) is -3.34. The van der Waals surface area contributed by atoms with E-state index in [4.69, 9.17) is 11.2 Å². The summed E-state index contributed by atoms with van der Waals surface area (Å²) in [6.45, 7) is 0.822. The van der Waals surface area contributed by atoms with Crippen molar-refractivity contribution in [3.8, 4) is 35.4 Å². The lowest BCUT2D eigenvalue weighted by atomic mass is 9.95. The topological polar surface area (TPSA) is 94.9 Å². The van der Waals surface area contributed by atoms with Crippen molar-refractivity contribution in [3.05, 3.63) is 47.2 Å². The summed E-state index contributed by atoms with van der Waals surface area (Å²) < 4.78 is 138. The maximum atomic E-state index is 17.1. The maximum absolute atomic E-state index is 17.1. The number of amides is 1. The predicted molar refractivity (Wildman–Crippen MR) is 184 cm³/mol. The molecule has 2 atom stereocenters. The van der Waals surface area contributed by atoms with Crippen molar-refractivity contribution >= 4 is 33.4 Å². The number of carbonyl (C=O) groups excluding carboxylic acids is 1. The fourth-order valence-corrected chi connectivity index (χ4v) is 8.39. The van der Waals surface area contributed by atoms with Crippen molar-refractivity contribution in [3.63, 3.8) is 0 Å². The third-order valence-corrected chi connectivity index (χ3v) is 11.3. The molecular formula is C38H33F9N6O3. The Morgan fingerprint density at radius 1 is 0.964 bits per heavy atom. The Morgan fingerprint density at radius 3 is 2.25 bits per heavy atom. The number of nitrogens with zero attached hydrogens (tertiary/aromatic N) is 6. The van der Waals surface area contributed by atoms with Crippen LogP contribution >= 0.6 is 0 Å². The molecule has 9 nitrogen and oxygen atoms in total. The zero-order valence-electron chi connectivity index (χ0n) is 29.5. The van der Waals surface area contributed by atoms with E-state index >= 15 is 17.6 Å². The third kappa shape index (κ3) is 6.77. The number of carbonyl (C=O) groups is 1. The normalized spacial score (nSPS) is 21.5. The second-order valence-corrected chi connectivity index (χ2v) is 15.1. The van der Waals surface area contributed by atoms with Crippen LogP contribution in [0.25, 0.3) is 32.9 Å². The standard InChI is InChI=1S/C38H33F9N6O3/c1-2-24-26(40)6-3-19-13-23(54)14-25(27(19)24)30-29(41)31-28(32(48-30)37(42,43)44)33(52-15-21-4-5-22(16-52)53(21)34(55)38(45,46)47)50-35(49-31)56-18-36(9-10-36)17-51-11-7-20(39)8-12-51/h1,3,6,13-14,20-22,54H,4-5,7-12,15-18H2/t21-,22+. The number of phenolic OH excluding ortho intramolecular Hbond substituents is 1. The number of benzene rings is 2. The van der Waals surface area contributed by atoms with Gasteiger partial charge in [0.1, 0.15) is 34.8 Å². The summed E-state index contributed by atoms with van der Waals surface area (Å²) in [7, 11) is 0. The van der Waals surface area contributed by atoms with Crippen molar-refractivity contribution < 1.29 is 54.2 Å². The first-order chi connectivity index (χ1) is 26.5. The first-order valence-corrected chi connectivity index (χ1v) is 18.0. The van der Waals surface area contributed by atoms with Gasteiger partial charge in [-0.1, -0.05) is 12.0 Å². The van der Waals surface area contributed by atoms with E-state index < -0.39 is 105 Å². The monoisotopic (exact) mass is 792 g/mol. The SMILES string of the molecule is C#Cc1c(F)ccc2cc(O)cc(-c3nc(C(F)(F)F)c4c(N5C[C@H]6CC[C@@H](C5)N6C(=O)C(F)(F)F)nc(OCC5(CN6CCC(F)CC6)CC5)nc4c3F)c12. The molecule has 0 radical (unpaired) electrons. The van der Waals surface area contributed by atoms with E-state index in [9.17, 15) is 31.9 Å². The third-order valence-electron chi connectivity index (χ3n) is 11.3.